The number of aliphatic hydroxyl groups is 1. The highest BCUT2D eigenvalue weighted by molar-refractivity contribution is 5.89. The highest BCUT2D eigenvalue weighted by atomic mass is 16.3. The van der Waals surface area contributed by atoms with Gasteiger partial charge < -0.3 is 21.5 Å². The number of amides is 3. The van der Waals surface area contributed by atoms with Crippen LogP contribution in [0.2, 0.25) is 0 Å². The molecule has 0 radical (unpaired) electrons. The van der Waals surface area contributed by atoms with Crippen molar-refractivity contribution < 1.29 is 19.5 Å². The van der Waals surface area contributed by atoms with Crippen molar-refractivity contribution in [3.8, 4) is 0 Å². The molecule has 2 aliphatic rings. The molecule has 5 N–H and O–H groups in total. The van der Waals surface area contributed by atoms with Crippen LogP contribution in [0, 0.1) is 23.2 Å². The lowest BCUT2D eigenvalue weighted by Gasteiger charge is -2.47. The molecule has 1 aromatic carbocycles. The molecule has 3 rings (SSSR count). The summed E-state index contributed by atoms with van der Waals surface area (Å²) in [6.07, 6.45) is 5.02. The van der Waals surface area contributed by atoms with E-state index in [0.29, 0.717) is 18.3 Å². The first kappa shape index (κ1) is 31.1. The first-order valence-electron chi connectivity index (χ1n) is 14.6. The molecule has 1 heterocycles. The number of nitrogens with zero attached hydrogens (tertiary/aromatic N) is 1. The van der Waals surface area contributed by atoms with Crippen LogP contribution in [0.3, 0.4) is 0 Å². The van der Waals surface area contributed by atoms with E-state index in [1.807, 2.05) is 51.1 Å². The van der Waals surface area contributed by atoms with Crippen LogP contribution >= 0.6 is 0 Å². The zero-order chi connectivity index (χ0) is 29.0. The molecule has 6 atom stereocenters. The summed E-state index contributed by atoms with van der Waals surface area (Å²) in [5.41, 5.74) is 5.17. The van der Waals surface area contributed by atoms with Crippen molar-refractivity contribution in [2.24, 2.45) is 28.9 Å². The highest BCUT2D eigenvalue weighted by Crippen LogP contribution is 2.39. The first-order valence-corrected chi connectivity index (χ1v) is 14.6. The number of nitrogens with one attached hydrogen (secondary N) is 2. The van der Waals surface area contributed by atoms with Gasteiger partial charge in [0.15, 0.2) is 0 Å². The summed E-state index contributed by atoms with van der Waals surface area (Å²) in [7, 11) is 0. The smallest absolute Gasteiger partial charge is 0.237 e. The molecule has 3 amide bonds. The maximum absolute atomic E-state index is 13.4. The van der Waals surface area contributed by atoms with E-state index in [2.05, 4.69) is 15.5 Å². The quantitative estimate of drug-likeness (QED) is 0.362. The second kappa shape index (κ2) is 12.8. The molecule has 1 saturated carbocycles. The predicted octanol–water partition coefficient (Wildman–Crippen LogP) is 3.02. The lowest BCUT2D eigenvalue weighted by atomic mass is 9.72. The number of fused-ring (bicyclic) bond motifs is 1. The van der Waals surface area contributed by atoms with E-state index in [-0.39, 0.29) is 29.9 Å². The van der Waals surface area contributed by atoms with Crippen LogP contribution in [0.1, 0.15) is 79.2 Å². The van der Waals surface area contributed by atoms with E-state index in [1.54, 1.807) is 20.8 Å². The van der Waals surface area contributed by atoms with Gasteiger partial charge in [-0.25, -0.2) is 0 Å². The fourth-order valence-electron chi connectivity index (χ4n) is 5.99. The van der Waals surface area contributed by atoms with Gasteiger partial charge in [-0.2, -0.15) is 0 Å². The van der Waals surface area contributed by atoms with Crippen molar-refractivity contribution >= 4 is 17.7 Å². The number of carbonyl (C=O) groups excluding carboxylic acids is 3. The minimum atomic E-state index is -1.04. The molecule has 0 spiro atoms. The maximum Gasteiger partial charge on any atom is 0.237 e. The third kappa shape index (κ3) is 8.27. The highest BCUT2D eigenvalue weighted by Gasteiger charge is 2.42. The Morgan fingerprint density at radius 2 is 1.67 bits per heavy atom. The van der Waals surface area contributed by atoms with Gasteiger partial charge in [-0.05, 0) is 57.4 Å². The van der Waals surface area contributed by atoms with Crippen LogP contribution in [-0.2, 0) is 20.8 Å². The zero-order valence-corrected chi connectivity index (χ0v) is 24.7. The molecule has 1 aliphatic heterocycles. The predicted molar refractivity (Wildman–Crippen MR) is 154 cm³/mol. The van der Waals surface area contributed by atoms with Crippen LogP contribution < -0.4 is 16.4 Å². The van der Waals surface area contributed by atoms with Crippen molar-refractivity contribution in [3.05, 3.63) is 35.9 Å². The summed E-state index contributed by atoms with van der Waals surface area (Å²) in [6, 6.07) is 8.81. The zero-order valence-electron chi connectivity index (χ0n) is 24.7. The van der Waals surface area contributed by atoms with E-state index in [0.717, 1.165) is 31.4 Å². The average Bonchev–Trinajstić information content (AvgIpc) is 2.86. The third-order valence-corrected chi connectivity index (χ3v) is 8.93. The maximum atomic E-state index is 13.4. The lowest BCUT2D eigenvalue weighted by Crippen LogP contribution is -2.60. The molecular weight excluding hydrogens is 492 g/mol. The van der Waals surface area contributed by atoms with Gasteiger partial charge in [0.05, 0.1) is 23.6 Å². The number of aliphatic hydroxyl groups excluding tert-OH is 1. The van der Waals surface area contributed by atoms with Crippen molar-refractivity contribution in [1.82, 2.24) is 15.5 Å². The van der Waals surface area contributed by atoms with Gasteiger partial charge in [0.2, 0.25) is 17.7 Å². The van der Waals surface area contributed by atoms with E-state index in [4.69, 9.17) is 5.73 Å². The number of hydrogen-bond donors (Lipinski definition) is 4. The summed E-state index contributed by atoms with van der Waals surface area (Å²) in [5, 5.41) is 17.8. The number of carbonyl (C=O) groups is 3. The summed E-state index contributed by atoms with van der Waals surface area (Å²) in [6.45, 7) is 12.0. The monoisotopic (exact) mass is 542 g/mol. The molecule has 1 aliphatic carbocycles. The van der Waals surface area contributed by atoms with Crippen LogP contribution in [0.4, 0.5) is 0 Å². The van der Waals surface area contributed by atoms with Crippen LogP contribution in [0.5, 0.6) is 0 Å². The van der Waals surface area contributed by atoms with Crippen molar-refractivity contribution in [3.63, 3.8) is 0 Å². The van der Waals surface area contributed by atoms with Gasteiger partial charge >= 0.3 is 0 Å². The number of β-amino-alcohol motifs (C(OH)–C–C–N with tert-alkyl or cyclic N) is 1. The van der Waals surface area contributed by atoms with E-state index in [1.165, 1.54) is 12.8 Å². The summed E-state index contributed by atoms with van der Waals surface area (Å²) in [4.78, 5) is 40.9. The first-order chi connectivity index (χ1) is 18.2. The number of nitrogens with two attached hydrogens (primary N) is 1. The molecule has 218 valence electrons. The van der Waals surface area contributed by atoms with Gasteiger partial charge in [-0.15, -0.1) is 0 Å². The number of rotatable bonds is 10. The Hall–Kier alpha value is -2.45. The molecule has 6 unspecified atom stereocenters. The summed E-state index contributed by atoms with van der Waals surface area (Å²) < 4.78 is 0. The molecule has 0 bridgehead atoms. The lowest BCUT2D eigenvalue weighted by molar-refractivity contribution is -0.138. The summed E-state index contributed by atoms with van der Waals surface area (Å²) >= 11 is 0. The van der Waals surface area contributed by atoms with Crippen molar-refractivity contribution in [2.75, 3.05) is 13.1 Å². The van der Waals surface area contributed by atoms with Crippen LogP contribution in [-0.4, -0.2) is 64.5 Å². The Balaban J connectivity index is 1.82. The SMILES string of the molecule is CC(C(=O)NC(Cc1ccccc1)C(O)CN1CC2CCCCC2CC1C(=O)NC(C)(C)C)C(C)(C)C(N)=O. The van der Waals surface area contributed by atoms with Crippen LogP contribution in [0.15, 0.2) is 30.3 Å². The molecule has 39 heavy (non-hydrogen) atoms. The Labute approximate surface area is 234 Å². The number of piperidine rings is 1. The molecule has 8 heteroatoms. The summed E-state index contributed by atoms with van der Waals surface area (Å²) in [5.74, 6) is -0.508. The minimum Gasteiger partial charge on any atom is -0.390 e. The van der Waals surface area contributed by atoms with E-state index in [9.17, 15) is 19.5 Å². The van der Waals surface area contributed by atoms with Gasteiger partial charge in [0.25, 0.3) is 0 Å². The van der Waals surface area contributed by atoms with Crippen molar-refractivity contribution in [1.29, 1.82) is 0 Å². The molecular formula is C31H50N4O4. The van der Waals surface area contributed by atoms with Gasteiger partial charge in [-0.1, -0.05) is 70.4 Å². The Morgan fingerprint density at radius 3 is 2.26 bits per heavy atom. The molecule has 2 fully saturated rings. The van der Waals surface area contributed by atoms with E-state index >= 15 is 0 Å². The third-order valence-electron chi connectivity index (χ3n) is 8.93. The Kier molecular flexibility index (Phi) is 10.2. The standard InChI is InChI=1S/C31H50N4O4/c1-20(31(5,6)29(32)39)27(37)33-24(16-21-12-8-7-9-13-21)26(36)19-35-18-23-15-11-10-14-22(23)17-25(35)28(38)34-30(2,3)4/h7-9,12-13,20,22-26,36H,10-11,14-19H2,1-6H3,(H2,32,39)(H,33,37)(H,34,38). The second-order valence-electron chi connectivity index (χ2n) is 13.4. The van der Waals surface area contributed by atoms with Gasteiger partial charge in [-0.3, -0.25) is 19.3 Å². The van der Waals surface area contributed by atoms with Gasteiger partial charge in [0, 0.05) is 24.5 Å². The average molecular weight is 543 g/mol. The molecule has 1 aromatic rings. The Bertz CT molecular complexity index is 990. The topological polar surface area (TPSA) is 125 Å². The van der Waals surface area contributed by atoms with Crippen LogP contribution in [0.25, 0.3) is 0 Å². The fraction of sp³-hybridized carbons (Fsp3) is 0.710. The Morgan fingerprint density at radius 1 is 1.05 bits per heavy atom. The number of likely N-dealkylation sites (tertiary alicyclic amines) is 1. The number of primary amides is 1. The van der Waals surface area contributed by atoms with Gasteiger partial charge in [0.1, 0.15) is 0 Å². The number of benzene rings is 1. The minimum absolute atomic E-state index is 0.000742. The number of hydrogen-bond acceptors (Lipinski definition) is 5. The van der Waals surface area contributed by atoms with E-state index < -0.39 is 29.4 Å². The normalized spacial score (nSPS) is 24.6. The largest absolute Gasteiger partial charge is 0.390 e. The molecule has 0 aromatic heterocycles. The van der Waals surface area contributed by atoms with Crippen molar-refractivity contribution in [2.45, 2.75) is 104 Å². The second-order valence-corrected chi connectivity index (χ2v) is 13.4. The fourth-order valence-corrected chi connectivity index (χ4v) is 5.99. The molecule has 1 saturated heterocycles. The molecule has 8 nitrogen and oxygen atoms in total.